The van der Waals surface area contributed by atoms with Gasteiger partial charge in [-0.2, -0.15) is 0 Å². The Morgan fingerprint density at radius 1 is 1.25 bits per heavy atom. The van der Waals surface area contributed by atoms with Crippen LogP contribution in [-0.2, 0) is 0 Å². The largest absolute Gasteiger partial charge is 0.491 e. The van der Waals surface area contributed by atoms with Crippen molar-refractivity contribution in [1.29, 1.82) is 0 Å². The highest BCUT2D eigenvalue weighted by Gasteiger charge is 2.19. The maximum Gasteiger partial charge on any atom is 0.256 e. The molecule has 0 aliphatic carbocycles. The molecule has 2 rings (SSSR count). The maximum absolute atomic E-state index is 12.4. The van der Waals surface area contributed by atoms with Crippen molar-refractivity contribution in [1.82, 2.24) is 0 Å². The number of benzene rings is 1. The molecular weight excluding hydrogens is 324 g/mol. The summed E-state index contributed by atoms with van der Waals surface area (Å²) in [6.45, 7) is 7.76. The van der Waals surface area contributed by atoms with Crippen LogP contribution in [0, 0.1) is 13.8 Å². The third kappa shape index (κ3) is 3.94. The van der Waals surface area contributed by atoms with Gasteiger partial charge in [-0.05, 0) is 57.0 Å². The predicted molar refractivity (Wildman–Crippen MR) is 97.1 cm³/mol. The molecular formula is C18H22N2O3S. The first kappa shape index (κ1) is 18.0. The van der Waals surface area contributed by atoms with Crippen LogP contribution in [0.25, 0.3) is 0 Å². The van der Waals surface area contributed by atoms with E-state index >= 15 is 0 Å². The topological polar surface area (TPSA) is 81.4 Å². The molecule has 2 aromatic rings. The average Bonchev–Trinajstić information content (AvgIpc) is 2.82. The van der Waals surface area contributed by atoms with Gasteiger partial charge in [0, 0.05) is 10.4 Å². The Hall–Kier alpha value is -2.34. The molecule has 1 aromatic carbocycles. The number of nitrogens with two attached hydrogens (primary N) is 1. The maximum atomic E-state index is 12.4. The summed E-state index contributed by atoms with van der Waals surface area (Å²) >= 11 is 1.35. The lowest BCUT2D eigenvalue weighted by atomic mass is 10.1. The minimum absolute atomic E-state index is 0.125. The number of rotatable bonds is 6. The molecule has 0 radical (unpaired) electrons. The molecule has 2 amide bonds. The highest BCUT2D eigenvalue weighted by atomic mass is 32.1. The second-order valence-corrected chi connectivity index (χ2v) is 6.89. The Kier molecular flexibility index (Phi) is 5.62. The van der Waals surface area contributed by atoms with Crippen molar-refractivity contribution in [3.8, 4) is 5.75 Å². The van der Waals surface area contributed by atoms with Gasteiger partial charge in [-0.3, -0.25) is 9.59 Å². The number of nitrogens with one attached hydrogen (secondary N) is 1. The summed E-state index contributed by atoms with van der Waals surface area (Å²) in [6.07, 6.45) is 1.04. The van der Waals surface area contributed by atoms with E-state index in [-0.39, 0.29) is 12.0 Å². The quantitative estimate of drug-likeness (QED) is 0.832. The van der Waals surface area contributed by atoms with Crippen molar-refractivity contribution < 1.29 is 14.3 Å². The lowest BCUT2D eigenvalue weighted by Gasteiger charge is -2.12. The van der Waals surface area contributed by atoms with Crippen molar-refractivity contribution in [3.05, 3.63) is 45.8 Å². The molecule has 0 saturated heterocycles. The van der Waals surface area contributed by atoms with E-state index in [4.69, 9.17) is 10.5 Å². The number of amides is 2. The van der Waals surface area contributed by atoms with Gasteiger partial charge in [0.1, 0.15) is 10.8 Å². The van der Waals surface area contributed by atoms with Crippen LogP contribution < -0.4 is 15.8 Å². The van der Waals surface area contributed by atoms with E-state index in [0.717, 1.165) is 22.6 Å². The van der Waals surface area contributed by atoms with E-state index in [1.165, 1.54) is 11.3 Å². The molecule has 6 heteroatoms. The van der Waals surface area contributed by atoms with Crippen LogP contribution in [0.4, 0.5) is 5.00 Å². The van der Waals surface area contributed by atoms with Crippen molar-refractivity contribution in [2.75, 3.05) is 5.32 Å². The molecule has 0 spiro atoms. The van der Waals surface area contributed by atoms with Crippen LogP contribution in [0.15, 0.2) is 24.3 Å². The molecule has 1 heterocycles. The molecule has 5 nitrogen and oxygen atoms in total. The normalized spacial score (nSPS) is 11.8. The van der Waals surface area contributed by atoms with E-state index in [1.54, 1.807) is 24.3 Å². The molecule has 1 unspecified atom stereocenters. The minimum atomic E-state index is -0.538. The van der Waals surface area contributed by atoms with Gasteiger partial charge in [0.15, 0.2) is 0 Å². The average molecular weight is 346 g/mol. The van der Waals surface area contributed by atoms with E-state index < -0.39 is 5.91 Å². The van der Waals surface area contributed by atoms with Crippen LogP contribution in [-0.4, -0.2) is 17.9 Å². The lowest BCUT2D eigenvalue weighted by molar-refractivity contribution is 0.100. The fourth-order valence-electron chi connectivity index (χ4n) is 2.19. The monoisotopic (exact) mass is 346 g/mol. The summed E-state index contributed by atoms with van der Waals surface area (Å²) in [4.78, 5) is 25.0. The molecule has 24 heavy (non-hydrogen) atoms. The van der Waals surface area contributed by atoms with Gasteiger partial charge >= 0.3 is 0 Å². The van der Waals surface area contributed by atoms with Gasteiger partial charge < -0.3 is 15.8 Å². The number of anilines is 1. The fourth-order valence-corrected chi connectivity index (χ4v) is 3.25. The number of thiophene rings is 1. The molecule has 1 atom stereocenters. The third-order valence-corrected chi connectivity index (χ3v) is 5.01. The van der Waals surface area contributed by atoms with Crippen LogP contribution >= 0.6 is 11.3 Å². The van der Waals surface area contributed by atoms with E-state index in [1.807, 2.05) is 27.7 Å². The Bertz CT molecular complexity index is 750. The van der Waals surface area contributed by atoms with Crippen LogP contribution in [0.3, 0.4) is 0 Å². The van der Waals surface area contributed by atoms with Gasteiger partial charge in [-0.1, -0.05) is 6.92 Å². The highest BCUT2D eigenvalue weighted by molar-refractivity contribution is 7.16. The molecule has 128 valence electrons. The van der Waals surface area contributed by atoms with Crippen molar-refractivity contribution in [2.45, 2.75) is 40.2 Å². The van der Waals surface area contributed by atoms with E-state index in [9.17, 15) is 9.59 Å². The van der Waals surface area contributed by atoms with Gasteiger partial charge in [0.25, 0.3) is 11.8 Å². The molecule has 0 aliphatic rings. The zero-order chi connectivity index (χ0) is 17.9. The molecule has 0 fully saturated rings. The third-order valence-electron chi connectivity index (χ3n) is 3.89. The van der Waals surface area contributed by atoms with Crippen LogP contribution in [0.1, 0.15) is 51.4 Å². The van der Waals surface area contributed by atoms with Gasteiger partial charge in [-0.15, -0.1) is 11.3 Å². The highest BCUT2D eigenvalue weighted by Crippen LogP contribution is 2.32. The van der Waals surface area contributed by atoms with Crippen molar-refractivity contribution in [3.63, 3.8) is 0 Å². The Labute approximate surface area is 145 Å². The lowest BCUT2D eigenvalue weighted by Crippen LogP contribution is -2.17. The Balaban J connectivity index is 2.16. The number of hydrogen-bond acceptors (Lipinski definition) is 4. The number of primary amides is 1. The summed E-state index contributed by atoms with van der Waals surface area (Å²) in [6, 6.07) is 6.93. The Morgan fingerprint density at radius 2 is 1.88 bits per heavy atom. The van der Waals surface area contributed by atoms with E-state index in [0.29, 0.717) is 16.1 Å². The number of carbonyl (C=O) groups excluding carboxylic acids is 2. The van der Waals surface area contributed by atoms with Gasteiger partial charge in [0.05, 0.1) is 11.7 Å². The number of aryl methyl sites for hydroxylation is 1. The first-order chi connectivity index (χ1) is 11.3. The Morgan fingerprint density at radius 3 is 2.42 bits per heavy atom. The predicted octanol–water partition coefficient (Wildman–Crippen LogP) is 3.89. The first-order valence-corrected chi connectivity index (χ1v) is 8.63. The summed E-state index contributed by atoms with van der Waals surface area (Å²) in [5.41, 5.74) is 7.10. The number of ether oxygens (including phenoxy) is 1. The minimum Gasteiger partial charge on any atom is -0.491 e. The van der Waals surface area contributed by atoms with Crippen LogP contribution in [0.5, 0.6) is 5.75 Å². The smallest absolute Gasteiger partial charge is 0.256 e. The summed E-state index contributed by atoms with van der Waals surface area (Å²) in [5.74, 6) is -0.0974. The zero-order valence-electron chi connectivity index (χ0n) is 14.3. The standard InChI is InChI=1S/C18H22N2O3S/c1-5-10(2)23-14-8-6-13(7-9-14)17(22)20-18-15(16(19)21)11(3)12(4)24-18/h6-10H,5H2,1-4H3,(H2,19,21)(H,20,22). The first-order valence-electron chi connectivity index (χ1n) is 7.81. The summed E-state index contributed by atoms with van der Waals surface area (Å²) in [5, 5.41) is 3.27. The molecule has 0 bridgehead atoms. The van der Waals surface area contributed by atoms with Crippen molar-refractivity contribution >= 4 is 28.2 Å². The second-order valence-electron chi connectivity index (χ2n) is 5.67. The van der Waals surface area contributed by atoms with Crippen molar-refractivity contribution in [2.24, 2.45) is 5.73 Å². The van der Waals surface area contributed by atoms with Crippen LogP contribution in [0.2, 0.25) is 0 Å². The summed E-state index contributed by atoms with van der Waals surface area (Å²) in [7, 11) is 0. The SMILES string of the molecule is CCC(C)Oc1ccc(C(=O)Nc2sc(C)c(C)c2C(N)=O)cc1. The molecule has 1 aromatic heterocycles. The summed E-state index contributed by atoms with van der Waals surface area (Å²) < 4.78 is 5.70. The zero-order valence-corrected chi connectivity index (χ0v) is 15.1. The second kappa shape index (κ2) is 7.49. The number of carbonyl (C=O) groups is 2. The van der Waals surface area contributed by atoms with Gasteiger partial charge in [-0.25, -0.2) is 0 Å². The van der Waals surface area contributed by atoms with Gasteiger partial charge in [0.2, 0.25) is 0 Å². The molecule has 0 saturated carbocycles. The molecule has 0 aliphatic heterocycles. The van der Waals surface area contributed by atoms with E-state index in [2.05, 4.69) is 5.32 Å². The number of hydrogen-bond donors (Lipinski definition) is 2. The fraction of sp³-hybridized carbons (Fsp3) is 0.333. The molecule has 3 N–H and O–H groups in total.